The second-order valence-corrected chi connectivity index (χ2v) is 7.63. The zero-order chi connectivity index (χ0) is 26.1. The molecule has 0 aliphatic carbocycles. The van der Waals surface area contributed by atoms with E-state index in [1.54, 1.807) is 19.1 Å². The molecule has 2 heterocycles. The van der Waals surface area contributed by atoms with Crippen LogP contribution in [0.25, 0.3) is 0 Å². The van der Waals surface area contributed by atoms with Crippen LogP contribution in [0.15, 0.2) is 48.7 Å². The van der Waals surface area contributed by atoms with E-state index < -0.39 is 33.4 Å². The normalized spacial score (nSPS) is 11.2. The number of halogens is 3. The molecule has 0 aliphatic heterocycles. The highest BCUT2D eigenvalue weighted by Gasteiger charge is 2.29. The standard InChI is InChI=1S/C21H21F3N5O6P/c1-2-33-19(30)14-5-8-16(26-11-14)27-18-9-17(28-20(29-18)34-12-21(22,23)24)25-10-13-3-6-15(7-4-13)35-36(31)32/h3-9,11,31-32H,2,10,12H2,1H3,(H2,25,26,27,28,29). The lowest BCUT2D eigenvalue weighted by molar-refractivity contribution is -0.154. The van der Waals surface area contributed by atoms with Gasteiger partial charge in [-0.15, -0.1) is 0 Å². The molecule has 0 radical (unpaired) electrons. The van der Waals surface area contributed by atoms with Crippen molar-refractivity contribution < 1.29 is 41.8 Å². The molecule has 4 N–H and O–H groups in total. The fourth-order valence-corrected chi connectivity index (χ4v) is 2.99. The van der Waals surface area contributed by atoms with Crippen LogP contribution in [0.1, 0.15) is 22.8 Å². The molecule has 3 rings (SSSR count). The van der Waals surface area contributed by atoms with Gasteiger partial charge in [-0.2, -0.15) is 23.1 Å². The molecule has 0 spiro atoms. The average molecular weight is 527 g/mol. The number of hydrogen-bond acceptors (Lipinski definition) is 11. The van der Waals surface area contributed by atoms with Gasteiger partial charge in [0.2, 0.25) is 0 Å². The van der Waals surface area contributed by atoms with Gasteiger partial charge in [0.15, 0.2) is 6.61 Å². The minimum Gasteiger partial charge on any atom is -0.462 e. The first kappa shape index (κ1) is 26.9. The largest absolute Gasteiger partial charge is 0.462 e. The van der Waals surface area contributed by atoms with Crippen molar-refractivity contribution in [2.45, 2.75) is 19.6 Å². The van der Waals surface area contributed by atoms with Crippen LogP contribution in [0.2, 0.25) is 0 Å². The van der Waals surface area contributed by atoms with Crippen molar-refractivity contribution in [1.29, 1.82) is 0 Å². The molecule has 0 atom stereocenters. The van der Waals surface area contributed by atoms with Crippen LogP contribution in [0.4, 0.5) is 30.6 Å². The van der Waals surface area contributed by atoms with E-state index in [0.29, 0.717) is 0 Å². The van der Waals surface area contributed by atoms with Crippen molar-refractivity contribution in [2.24, 2.45) is 0 Å². The molecule has 0 saturated carbocycles. The minimum atomic E-state index is -4.59. The number of esters is 1. The number of benzene rings is 1. The lowest BCUT2D eigenvalue weighted by atomic mass is 10.2. The molecule has 11 nitrogen and oxygen atoms in total. The van der Waals surface area contributed by atoms with Crippen LogP contribution >= 0.6 is 8.60 Å². The molecule has 0 amide bonds. The van der Waals surface area contributed by atoms with Gasteiger partial charge in [0.1, 0.15) is 23.2 Å². The maximum absolute atomic E-state index is 12.6. The minimum absolute atomic E-state index is 0.0871. The highest BCUT2D eigenvalue weighted by Crippen LogP contribution is 2.29. The van der Waals surface area contributed by atoms with Gasteiger partial charge in [0, 0.05) is 18.8 Å². The number of aromatic nitrogens is 3. The summed E-state index contributed by atoms with van der Waals surface area (Å²) in [4.78, 5) is 41.5. The quantitative estimate of drug-likeness (QED) is 0.212. The Morgan fingerprint density at radius 2 is 1.78 bits per heavy atom. The van der Waals surface area contributed by atoms with Gasteiger partial charge in [-0.3, -0.25) is 0 Å². The molecule has 1 aromatic carbocycles. The predicted molar refractivity (Wildman–Crippen MR) is 123 cm³/mol. The van der Waals surface area contributed by atoms with Gasteiger partial charge >= 0.3 is 26.8 Å². The van der Waals surface area contributed by atoms with E-state index in [1.807, 2.05) is 0 Å². The summed E-state index contributed by atoms with van der Waals surface area (Å²) in [5, 5.41) is 5.78. The molecular formula is C21H21F3N5O6P. The zero-order valence-corrected chi connectivity index (χ0v) is 19.6. The molecule has 192 valence electrons. The highest BCUT2D eigenvalue weighted by atomic mass is 31.2. The third kappa shape index (κ3) is 8.80. The van der Waals surface area contributed by atoms with E-state index in [4.69, 9.17) is 23.8 Å². The van der Waals surface area contributed by atoms with Crippen molar-refractivity contribution >= 4 is 32.0 Å². The summed E-state index contributed by atoms with van der Waals surface area (Å²) in [5.74, 6) is 0.220. The van der Waals surface area contributed by atoms with Crippen LogP contribution in [0, 0.1) is 0 Å². The molecule has 0 bridgehead atoms. The summed E-state index contributed by atoms with van der Waals surface area (Å²) in [6.07, 6.45) is -3.30. The number of carbonyl (C=O) groups excluding carboxylic acids is 1. The van der Waals surface area contributed by atoms with Crippen LogP contribution < -0.4 is 19.9 Å². The Morgan fingerprint density at radius 1 is 1.06 bits per heavy atom. The van der Waals surface area contributed by atoms with Gasteiger partial charge in [0.25, 0.3) is 0 Å². The van der Waals surface area contributed by atoms with E-state index in [2.05, 4.69) is 25.6 Å². The number of rotatable bonds is 11. The maximum Gasteiger partial charge on any atom is 0.422 e. The molecule has 2 aromatic heterocycles. The lowest BCUT2D eigenvalue weighted by Gasteiger charge is -2.13. The van der Waals surface area contributed by atoms with Crippen LogP contribution in [-0.4, -0.2) is 50.1 Å². The van der Waals surface area contributed by atoms with Crippen LogP contribution in [0.5, 0.6) is 11.8 Å². The second kappa shape index (κ2) is 12.3. The SMILES string of the molecule is CCOC(=O)c1ccc(Nc2cc(NCc3ccc(OP(O)O)cc3)nc(OCC(F)(F)F)n2)nc1. The predicted octanol–water partition coefficient (Wildman–Crippen LogP) is 3.94. The summed E-state index contributed by atoms with van der Waals surface area (Å²) in [6.45, 7) is 0.519. The van der Waals surface area contributed by atoms with E-state index in [9.17, 15) is 18.0 Å². The van der Waals surface area contributed by atoms with Crippen molar-refractivity contribution in [3.63, 3.8) is 0 Å². The van der Waals surface area contributed by atoms with E-state index >= 15 is 0 Å². The molecule has 36 heavy (non-hydrogen) atoms. The fourth-order valence-electron chi connectivity index (χ4n) is 2.68. The van der Waals surface area contributed by atoms with Crippen molar-refractivity contribution in [3.8, 4) is 11.8 Å². The van der Waals surface area contributed by atoms with E-state index in [1.165, 1.54) is 36.5 Å². The molecule has 3 aromatic rings. The van der Waals surface area contributed by atoms with Crippen molar-refractivity contribution in [1.82, 2.24) is 15.0 Å². The summed E-state index contributed by atoms with van der Waals surface area (Å²) < 4.78 is 52.3. The highest BCUT2D eigenvalue weighted by molar-refractivity contribution is 7.39. The number of nitrogens with one attached hydrogen (secondary N) is 2. The Kier molecular flexibility index (Phi) is 9.17. The van der Waals surface area contributed by atoms with E-state index in [0.717, 1.165) is 5.56 Å². The van der Waals surface area contributed by atoms with Crippen molar-refractivity contribution in [3.05, 3.63) is 59.8 Å². The number of nitrogens with zero attached hydrogens (tertiary/aromatic N) is 3. The van der Waals surface area contributed by atoms with Gasteiger partial charge in [0.05, 0.1) is 12.2 Å². The number of carbonyl (C=O) groups is 1. The topological polar surface area (TPSA) is 148 Å². The molecule has 0 fully saturated rings. The average Bonchev–Trinajstić information content (AvgIpc) is 2.82. The third-order valence-corrected chi connectivity index (χ3v) is 4.56. The summed E-state index contributed by atoms with van der Waals surface area (Å²) in [7, 11) is -2.54. The number of anilines is 3. The monoisotopic (exact) mass is 527 g/mol. The van der Waals surface area contributed by atoms with Gasteiger partial charge in [-0.25, -0.2) is 9.78 Å². The van der Waals surface area contributed by atoms with Gasteiger partial charge in [-0.1, -0.05) is 12.1 Å². The summed E-state index contributed by atoms with van der Waals surface area (Å²) in [5.41, 5.74) is 0.970. The smallest absolute Gasteiger partial charge is 0.422 e. The Morgan fingerprint density at radius 3 is 2.39 bits per heavy atom. The molecular weight excluding hydrogens is 506 g/mol. The van der Waals surface area contributed by atoms with E-state index in [-0.39, 0.29) is 41.9 Å². The summed E-state index contributed by atoms with van der Waals surface area (Å²) in [6, 6.07) is 10.2. The fraction of sp³-hybridized carbons (Fsp3) is 0.238. The molecule has 0 aliphatic rings. The second-order valence-electron chi connectivity index (χ2n) is 6.94. The number of hydrogen-bond donors (Lipinski definition) is 4. The molecule has 0 saturated heterocycles. The zero-order valence-electron chi connectivity index (χ0n) is 18.7. The Labute approximate surface area is 204 Å². The van der Waals surface area contributed by atoms with Crippen LogP contribution in [0.3, 0.4) is 0 Å². The number of pyridine rings is 1. The maximum atomic E-state index is 12.6. The number of alkyl halides is 3. The van der Waals surface area contributed by atoms with Gasteiger partial charge < -0.3 is 34.4 Å². The van der Waals surface area contributed by atoms with Gasteiger partial charge in [-0.05, 0) is 36.8 Å². The first-order valence-corrected chi connectivity index (χ1v) is 11.5. The first-order chi connectivity index (χ1) is 17.1. The summed E-state index contributed by atoms with van der Waals surface area (Å²) >= 11 is 0. The van der Waals surface area contributed by atoms with Crippen LogP contribution in [-0.2, 0) is 11.3 Å². The third-order valence-electron chi connectivity index (χ3n) is 4.19. The van der Waals surface area contributed by atoms with Crippen molar-refractivity contribution in [2.75, 3.05) is 23.8 Å². The Bertz CT molecular complexity index is 1150. The number of ether oxygens (including phenoxy) is 2. The first-order valence-electron chi connectivity index (χ1n) is 10.3. The molecule has 0 unspecified atom stereocenters. The Hall–Kier alpha value is -3.74. The molecule has 15 heteroatoms. The lowest BCUT2D eigenvalue weighted by Crippen LogP contribution is -2.20. The Balaban J connectivity index is 1.74.